The summed E-state index contributed by atoms with van der Waals surface area (Å²) < 4.78 is 0. The van der Waals surface area contributed by atoms with Crippen LogP contribution in [0.2, 0.25) is 20.1 Å². The van der Waals surface area contributed by atoms with E-state index in [0.29, 0.717) is 31.3 Å². The van der Waals surface area contributed by atoms with Crippen LogP contribution in [0.4, 0.5) is 0 Å². The molecule has 5 heteroatoms. The van der Waals surface area contributed by atoms with Gasteiger partial charge in [-0.15, -0.1) is 0 Å². The maximum Gasteiger partial charge on any atom is 0.0733 e. The molecule has 16 heavy (non-hydrogen) atoms. The molecule has 0 unspecified atom stereocenters. The van der Waals surface area contributed by atoms with Gasteiger partial charge in [-0.1, -0.05) is 46.4 Å². The molecule has 0 radical (unpaired) electrons. The summed E-state index contributed by atoms with van der Waals surface area (Å²) in [5.41, 5.74) is 1.26. The van der Waals surface area contributed by atoms with Crippen molar-refractivity contribution in [2.75, 3.05) is 0 Å². The van der Waals surface area contributed by atoms with Crippen LogP contribution in [0.1, 0.15) is 0 Å². The highest BCUT2D eigenvalue weighted by Crippen LogP contribution is 2.38. The lowest BCUT2D eigenvalue weighted by Crippen LogP contribution is -1.86. The summed E-state index contributed by atoms with van der Waals surface area (Å²) in [6.45, 7) is 0. The van der Waals surface area contributed by atoms with Crippen molar-refractivity contribution < 1.29 is 0 Å². The van der Waals surface area contributed by atoms with Crippen LogP contribution in [-0.2, 0) is 0 Å². The predicted molar refractivity (Wildman–Crippen MR) is 69.7 cm³/mol. The van der Waals surface area contributed by atoms with Gasteiger partial charge in [-0.3, -0.25) is 4.98 Å². The van der Waals surface area contributed by atoms with Gasteiger partial charge >= 0.3 is 0 Å². The lowest BCUT2D eigenvalue weighted by molar-refractivity contribution is 1.33. The van der Waals surface area contributed by atoms with Gasteiger partial charge in [-0.05, 0) is 24.3 Å². The molecule has 0 fully saturated rings. The maximum absolute atomic E-state index is 6.08. The second-order valence-electron chi connectivity index (χ2n) is 3.08. The van der Waals surface area contributed by atoms with E-state index < -0.39 is 0 Å². The van der Waals surface area contributed by atoms with Gasteiger partial charge in [0.15, 0.2) is 0 Å². The third-order valence-electron chi connectivity index (χ3n) is 2.03. The monoisotopic (exact) mass is 291 g/mol. The first-order chi connectivity index (χ1) is 7.59. The van der Waals surface area contributed by atoms with Gasteiger partial charge in [0, 0.05) is 11.8 Å². The Kier molecular flexibility index (Phi) is 3.60. The van der Waals surface area contributed by atoms with Crippen molar-refractivity contribution in [2.45, 2.75) is 0 Å². The number of aromatic nitrogens is 1. The second-order valence-corrected chi connectivity index (χ2v) is 4.71. The minimum atomic E-state index is 0.393. The molecule has 0 aliphatic heterocycles. The zero-order valence-electron chi connectivity index (χ0n) is 7.85. The van der Waals surface area contributed by atoms with Crippen molar-refractivity contribution in [3.63, 3.8) is 0 Å². The molecule has 0 atom stereocenters. The molecule has 1 aromatic heterocycles. The molecule has 0 amide bonds. The molecule has 2 aromatic rings. The van der Waals surface area contributed by atoms with Crippen molar-refractivity contribution in [3.8, 4) is 11.3 Å². The minimum Gasteiger partial charge on any atom is -0.255 e. The summed E-state index contributed by atoms with van der Waals surface area (Å²) in [6.07, 6.45) is 1.53. The van der Waals surface area contributed by atoms with Gasteiger partial charge in [0.1, 0.15) is 0 Å². The van der Waals surface area contributed by atoms with Crippen LogP contribution in [0, 0.1) is 0 Å². The lowest BCUT2D eigenvalue weighted by atomic mass is 10.1. The van der Waals surface area contributed by atoms with E-state index in [2.05, 4.69) is 4.98 Å². The van der Waals surface area contributed by atoms with Crippen molar-refractivity contribution in [3.05, 3.63) is 50.6 Å². The van der Waals surface area contributed by atoms with E-state index in [1.54, 1.807) is 24.3 Å². The molecule has 0 aliphatic carbocycles. The predicted octanol–water partition coefficient (Wildman–Crippen LogP) is 5.36. The van der Waals surface area contributed by atoms with Gasteiger partial charge in [-0.25, -0.2) is 0 Å². The van der Waals surface area contributed by atoms with Crippen molar-refractivity contribution in [1.82, 2.24) is 4.98 Å². The van der Waals surface area contributed by atoms with E-state index in [4.69, 9.17) is 46.4 Å². The Bertz CT molecular complexity index is 522. The van der Waals surface area contributed by atoms with Crippen LogP contribution >= 0.6 is 46.4 Å². The molecule has 1 aromatic carbocycles. The van der Waals surface area contributed by atoms with Crippen LogP contribution in [0.5, 0.6) is 0 Å². The number of hydrogen-bond donors (Lipinski definition) is 0. The highest BCUT2D eigenvalue weighted by atomic mass is 35.5. The van der Waals surface area contributed by atoms with Gasteiger partial charge in [0.2, 0.25) is 0 Å². The molecule has 0 saturated heterocycles. The van der Waals surface area contributed by atoms with Crippen LogP contribution in [0.15, 0.2) is 30.5 Å². The Morgan fingerprint density at radius 1 is 0.812 bits per heavy atom. The van der Waals surface area contributed by atoms with Crippen LogP contribution < -0.4 is 0 Å². The van der Waals surface area contributed by atoms with Gasteiger partial charge in [0.25, 0.3) is 0 Å². The fraction of sp³-hybridized carbons (Fsp3) is 0. The fourth-order valence-corrected chi connectivity index (χ4v) is 2.12. The topological polar surface area (TPSA) is 12.9 Å². The molecule has 82 valence electrons. The van der Waals surface area contributed by atoms with E-state index in [0.717, 1.165) is 0 Å². The lowest BCUT2D eigenvalue weighted by Gasteiger charge is -2.07. The molecule has 0 spiro atoms. The number of rotatable bonds is 1. The third kappa shape index (κ3) is 2.28. The summed E-state index contributed by atoms with van der Waals surface area (Å²) in [7, 11) is 0. The Balaban J connectivity index is 2.63. The number of nitrogens with zero attached hydrogens (tertiary/aromatic N) is 1. The van der Waals surface area contributed by atoms with Crippen molar-refractivity contribution in [1.29, 1.82) is 0 Å². The van der Waals surface area contributed by atoms with Gasteiger partial charge in [-0.2, -0.15) is 0 Å². The Morgan fingerprint density at radius 3 is 2.12 bits per heavy atom. The third-order valence-corrected chi connectivity index (χ3v) is 3.37. The van der Waals surface area contributed by atoms with Crippen molar-refractivity contribution in [2.24, 2.45) is 0 Å². The Hall–Kier alpha value is -0.470. The summed E-state index contributed by atoms with van der Waals surface area (Å²) in [5, 5.41) is 1.89. The van der Waals surface area contributed by atoms with E-state index >= 15 is 0 Å². The molecule has 0 aliphatic rings. The summed E-state index contributed by atoms with van der Waals surface area (Å²) >= 11 is 23.8. The quantitative estimate of drug-likeness (QED) is 0.645. The van der Waals surface area contributed by atoms with E-state index in [1.807, 2.05) is 0 Å². The Morgan fingerprint density at radius 2 is 1.50 bits per heavy atom. The number of pyridine rings is 1. The molecule has 0 N–H and O–H groups in total. The first kappa shape index (κ1) is 12.0. The summed E-state index contributed by atoms with van der Waals surface area (Å²) in [4.78, 5) is 4.15. The zero-order valence-corrected chi connectivity index (χ0v) is 10.9. The standard InChI is InChI=1S/C11H5Cl4N/c12-6-1-4-9(16-5-6)10-7(13)2-3-8(14)11(10)15/h1-5H. The number of halogens is 4. The largest absolute Gasteiger partial charge is 0.255 e. The zero-order chi connectivity index (χ0) is 11.7. The van der Waals surface area contributed by atoms with E-state index in [9.17, 15) is 0 Å². The molecule has 1 heterocycles. The minimum absolute atomic E-state index is 0.393. The first-order valence-corrected chi connectivity index (χ1v) is 5.86. The molecular formula is C11H5Cl4N. The molecule has 2 rings (SSSR count). The van der Waals surface area contributed by atoms with Gasteiger partial charge < -0.3 is 0 Å². The molecular weight excluding hydrogens is 288 g/mol. The van der Waals surface area contributed by atoms with Gasteiger partial charge in [0.05, 0.1) is 25.8 Å². The SMILES string of the molecule is Clc1ccc(-c2c(Cl)ccc(Cl)c2Cl)nc1. The highest BCUT2D eigenvalue weighted by Gasteiger charge is 2.12. The van der Waals surface area contributed by atoms with E-state index in [1.165, 1.54) is 6.20 Å². The number of hydrogen-bond acceptors (Lipinski definition) is 1. The second kappa shape index (κ2) is 4.80. The van der Waals surface area contributed by atoms with E-state index in [-0.39, 0.29) is 0 Å². The van der Waals surface area contributed by atoms with Crippen LogP contribution in [0.3, 0.4) is 0 Å². The first-order valence-electron chi connectivity index (χ1n) is 4.35. The average Bonchev–Trinajstić information content (AvgIpc) is 2.27. The van der Waals surface area contributed by atoms with Crippen LogP contribution in [0.25, 0.3) is 11.3 Å². The smallest absolute Gasteiger partial charge is 0.0733 e. The molecule has 1 nitrogen and oxygen atoms in total. The average molecular weight is 293 g/mol. The molecule has 0 bridgehead atoms. The highest BCUT2D eigenvalue weighted by molar-refractivity contribution is 6.46. The van der Waals surface area contributed by atoms with Crippen LogP contribution in [-0.4, -0.2) is 4.98 Å². The number of benzene rings is 1. The Labute approximate surface area is 113 Å². The fourth-order valence-electron chi connectivity index (χ4n) is 1.29. The van der Waals surface area contributed by atoms with Crippen molar-refractivity contribution >= 4 is 46.4 Å². The normalized spacial score (nSPS) is 10.5. The summed E-state index contributed by atoms with van der Waals surface area (Å²) in [6, 6.07) is 6.79. The maximum atomic E-state index is 6.08. The molecule has 0 saturated carbocycles. The summed E-state index contributed by atoms with van der Waals surface area (Å²) in [5.74, 6) is 0.